The number of hydrogen-bond donors (Lipinski definition) is 1. The molecule has 1 aliphatic heterocycles. The Labute approximate surface area is 135 Å². The Morgan fingerprint density at radius 3 is 2.52 bits per heavy atom. The van der Waals surface area contributed by atoms with Crippen LogP contribution in [0.1, 0.15) is 0 Å². The third kappa shape index (κ3) is 2.37. The standard InChI is InChI=1S/C16H11IN2O2/c17-12-4-1-10(2-5-12)13-8-14(19-18-13)11-3-6-15-16(7-11)21-9-20-15/h1-8H,9H2,(H,18,19). The largest absolute Gasteiger partial charge is 0.454 e. The summed E-state index contributed by atoms with van der Waals surface area (Å²) in [5.41, 5.74) is 4.02. The third-order valence-electron chi connectivity index (χ3n) is 3.40. The number of benzene rings is 2. The first kappa shape index (κ1) is 12.7. The van der Waals surface area contributed by atoms with Gasteiger partial charge in [-0.2, -0.15) is 5.10 Å². The summed E-state index contributed by atoms with van der Waals surface area (Å²) in [5.74, 6) is 1.55. The number of nitrogens with zero attached hydrogens (tertiary/aromatic N) is 1. The molecule has 0 atom stereocenters. The molecule has 1 N–H and O–H groups in total. The van der Waals surface area contributed by atoms with Gasteiger partial charge in [0.25, 0.3) is 0 Å². The predicted molar refractivity (Wildman–Crippen MR) is 88.3 cm³/mol. The van der Waals surface area contributed by atoms with E-state index >= 15 is 0 Å². The molecule has 0 radical (unpaired) electrons. The van der Waals surface area contributed by atoms with Crippen LogP contribution in [-0.4, -0.2) is 17.0 Å². The number of halogens is 1. The molecule has 4 rings (SSSR count). The molecule has 0 fully saturated rings. The first-order valence-electron chi connectivity index (χ1n) is 6.51. The highest BCUT2D eigenvalue weighted by Crippen LogP contribution is 2.36. The van der Waals surface area contributed by atoms with Gasteiger partial charge in [0.1, 0.15) is 0 Å². The predicted octanol–water partition coefficient (Wildman–Crippen LogP) is 4.08. The van der Waals surface area contributed by atoms with Gasteiger partial charge in [-0.05, 0) is 64.6 Å². The van der Waals surface area contributed by atoms with Gasteiger partial charge in [0.15, 0.2) is 11.5 Å². The van der Waals surface area contributed by atoms with Crippen LogP contribution in [0, 0.1) is 3.57 Å². The number of nitrogens with one attached hydrogen (secondary N) is 1. The quantitative estimate of drug-likeness (QED) is 0.671. The molecule has 0 amide bonds. The van der Waals surface area contributed by atoms with Gasteiger partial charge in [-0.3, -0.25) is 5.10 Å². The minimum Gasteiger partial charge on any atom is -0.454 e. The van der Waals surface area contributed by atoms with Crippen LogP contribution in [0.5, 0.6) is 11.5 Å². The van der Waals surface area contributed by atoms with E-state index in [-0.39, 0.29) is 6.79 Å². The van der Waals surface area contributed by atoms with Crippen molar-refractivity contribution >= 4 is 22.6 Å². The summed E-state index contributed by atoms with van der Waals surface area (Å²) in [4.78, 5) is 0. The lowest BCUT2D eigenvalue weighted by molar-refractivity contribution is 0.174. The van der Waals surface area contributed by atoms with E-state index in [0.29, 0.717) is 0 Å². The summed E-state index contributed by atoms with van der Waals surface area (Å²) < 4.78 is 11.9. The molecule has 5 heteroatoms. The highest BCUT2D eigenvalue weighted by molar-refractivity contribution is 14.1. The smallest absolute Gasteiger partial charge is 0.231 e. The molecule has 1 aromatic heterocycles. The Morgan fingerprint density at radius 1 is 0.905 bits per heavy atom. The van der Waals surface area contributed by atoms with Crippen LogP contribution < -0.4 is 9.47 Å². The summed E-state index contributed by atoms with van der Waals surface area (Å²) >= 11 is 2.30. The Balaban J connectivity index is 1.69. The van der Waals surface area contributed by atoms with Gasteiger partial charge in [0, 0.05) is 9.13 Å². The van der Waals surface area contributed by atoms with Crippen LogP contribution in [0.3, 0.4) is 0 Å². The molecular weight excluding hydrogens is 379 g/mol. The molecule has 0 bridgehead atoms. The van der Waals surface area contributed by atoms with Crippen molar-refractivity contribution in [3.8, 4) is 34.0 Å². The van der Waals surface area contributed by atoms with Gasteiger partial charge in [-0.25, -0.2) is 0 Å². The van der Waals surface area contributed by atoms with E-state index in [1.54, 1.807) is 0 Å². The normalized spacial score (nSPS) is 12.6. The van der Waals surface area contributed by atoms with Gasteiger partial charge >= 0.3 is 0 Å². The average molecular weight is 390 g/mol. The first-order valence-corrected chi connectivity index (χ1v) is 7.59. The topological polar surface area (TPSA) is 47.1 Å². The fourth-order valence-electron chi connectivity index (χ4n) is 2.30. The fourth-order valence-corrected chi connectivity index (χ4v) is 2.66. The second kappa shape index (κ2) is 5.07. The molecule has 2 aromatic carbocycles. The van der Waals surface area contributed by atoms with E-state index in [9.17, 15) is 0 Å². The lowest BCUT2D eigenvalue weighted by atomic mass is 10.1. The number of ether oxygens (including phenoxy) is 2. The summed E-state index contributed by atoms with van der Waals surface area (Å²) in [6, 6.07) is 16.2. The number of H-pyrrole nitrogens is 1. The van der Waals surface area contributed by atoms with Gasteiger partial charge < -0.3 is 9.47 Å². The van der Waals surface area contributed by atoms with Crippen molar-refractivity contribution in [3.63, 3.8) is 0 Å². The molecule has 2 heterocycles. The Hall–Kier alpha value is -2.02. The number of hydrogen-bond acceptors (Lipinski definition) is 3. The maximum absolute atomic E-state index is 5.40. The Kier molecular flexibility index (Phi) is 3.07. The molecule has 0 aliphatic carbocycles. The molecule has 0 saturated carbocycles. The van der Waals surface area contributed by atoms with Crippen molar-refractivity contribution in [1.29, 1.82) is 0 Å². The minimum absolute atomic E-state index is 0.285. The van der Waals surface area contributed by atoms with Gasteiger partial charge in [0.2, 0.25) is 6.79 Å². The van der Waals surface area contributed by atoms with Crippen molar-refractivity contribution in [2.24, 2.45) is 0 Å². The highest BCUT2D eigenvalue weighted by Gasteiger charge is 2.15. The minimum atomic E-state index is 0.285. The molecular formula is C16H11IN2O2. The van der Waals surface area contributed by atoms with Crippen molar-refractivity contribution < 1.29 is 9.47 Å². The van der Waals surface area contributed by atoms with Gasteiger partial charge in [-0.15, -0.1) is 0 Å². The summed E-state index contributed by atoms with van der Waals surface area (Å²) in [5, 5.41) is 7.47. The molecule has 0 unspecified atom stereocenters. The molecule has 0 saturated heterocycles. The maximum atomic E-state index is 5.40. The summed E-state index contributed by atoms with van der Waals surface area (Å²) in [7, 11) is 0. The van der Waals surface area contributed by atoms with Crippen LogP contribution in [0.15, 0.2) is 48.5 Å². The van der Waals surface area contributed by atoms with Crippen LogP contribution in [0.2, 0.25) is 0 Å². The van der Waals surface area contributed by atoms with E-state index < -0.39 is 0 Å². The number of aromatic nitrogens is 2. The molecule has 3 aromatic rings. The number of fused-ring (bicyclic) bond motifs is 1. The fraction of sp³-hybridized carbons (Fsp3) is 0.0625. The Bertz CT molecular complexity index is 796. The van der Waals surface area contributed by atoms with Crippen LogP contribution >= 0.6 is 22.6 Å². The third-order valence-corrected chi connectivity index (χ3v) is 4.12. The molecule has 0 spiro atoms. The summed E-state index contributed by atoms with van der Waals surface area (Å²) in [6.45, 7) is 0.285. The molecule has 21 heavy (non-hydrogen) atoms. The van der Waals surface area contributed by atoms with Crippen molar-refractivity contribution in [1.82, 2.24) is 10.2 Å². The van der Waals surface area contributed by atoms with E-state index in [0.717, 1.165) is 34.0 Å². The number of rotatable bonds is 2. The monoisotopic (exact) mass is 390 g/mol. The zero-order valence-corrected chi connectivity index (χ0v) is 13.1. The van der Waals surface area contributed by atoms with Gasteiger partial charge in [-0.1, -0.05) is 12.1 Å². The molecule has 1 aliphatic rings. The zero-order chi connectivity index (χ0) is 14.2. The van der Waals surface area contributed by atoms with Crippen LogP contribution in [0.4, 0.5) is 0 Å². The van der Waals surface area contributed by atoms with E-state index in [1.165, 1.54) is 3.57 Å². The summed E-state index contributed by atoms with van der Waals surface area (Å²) in [6.07, 6.45) is 0. The van der Waals surface area contributed by atoms with E-state index in [2.05, 4.69) is 57.1 Å². The Morgan fingerprint density at radius 2 is 1.67 bits per heavy atom. The van der Waals surface area contributed by atoms with E-state index in [4.69, 9.17) is 9.47 Å². The zero-order valence-electron chi connectivity index (χ0n) is 11.0. The lowest BCUT2D eigenvalue weighted by Gasteiger charge is -1.99. The second-order valence-electron chi connectivity index (χ2n) is 4.74. The van der Waals surface area contributed by atoms with Crippen molar-refractivity contribution in [3.05, 3.63) is 52.1 Å². The van der Waals surface area contributed by atoms with Crippen molar-refractivity contribution in [2.75, 3.05) is 6.79 Å². The maximum Gasteiger partial charge on any atom is 0.231 e. The van der Waals surface area contributed by atoms with Crippen LogP contribution in [0.25, 0.3) is 22.5 Å². The van der Waals surface area contributed by atoms with Crippen LogP contribution in [-0.2, 0) is 0 Å². The highest BCUT2D eigenvalue weighted by atomic mass is 127. The van der Waals surface area contributed by atoms with Crippen molar-refractivity contribution in [2.45, 2.75) is 0 Å². The second-order valence-corrected chi connectivity index (χ2v) is 5.99. The van der Waals surface area contributed by atoms with Gasteiger partial charge in [0.05, 0.1) is 11.4 Å². The molecule has 104 valence electrons. The first-order chi connectivity index (χ1) is 10.3. The lowest BCUT2D eigenvalue weighted by Crippen LogP contribution is -1.92. The van der Waals surface area contributed by atoms with E-state index in [1.807, 2.05) is 24.3 Å². The molecule has 4 nitrogen and oxygen atoms in total. The number of aromatic amines is 1. The average Bonchev–Trinajstić information content (AvgIpc) is 3.16. The SMILES string of the molecule is Ic1ccc(-c2cc(-c3ccc4c(c3)OCO4)n[nH]2)cc1.